The van der Waals surface area contributed by atoms with Crippen molar-refractivity contribution < 1.29 is 33.3 Å². The zero-order valence-electron chi connectivity index (χ0n) is 13.8. The van der Waals surface area contributed by atoms with Gasteiger partial charge in [0.05, 0.1) is 39.6 Å². The van der Waals surface area contributed by atoms with Gasteiger partial charge in [-0.05, 0) is 0 Å². The molecule has 0 aliphatic carbocycles. The van der Waals surface area contributed by atoms with Gasteiger partial charge in [0.25, 0.3) is 0 Å². The second-order valence-electron chi connectivity index (χ2n) is 4.52. The Balaban J connectivity index is 3.21. The van der Waals surface area contributed by atoms with E-state index in [1.165, 1.54) is 6.92 Å². The Morgan fingerprint density at radius 1 is 0.750 bits per heavy atom. The van der Waals surface area contributed by atoms with Crippen molar-refractivity contribution in [1.82, 2.24) is 10.6 Å². The first kappa shape index (κ1) is 23.2. The molecule has 0 aliphatic rings. The van der Waals surface area contributed by atoms with E-state index in [9.17, 15) is 14.4 Å². The minimum absolute atomic E-state index is 0.0457. The first-order valence-electron chi connectivity index (χ1n) is 7.52. The lowest BCUT2D eigenvalue weighted by molar-refractivity contribution is -0.126. The topological polar surface area (TPSA) is 112 Å². The van der Waals surface area contributed by atoms with Crippen molar-refractivity contribution in [2.75, 3.05) is 65.9 Å². The molecule has 24 heavy (non-hydrogen) atoms. The zero-order valence-corrected chi connectivity index (χ0v) is 16.0. The highest BCUT2D eigenvalue weighted by Gasteiger charge is 2.01. The predicted octanol–water partition coefficient (Wildman–Crippen LogP) is -0.733. The highest BCUT2D eigenvalue weighted by Crippen LogP contribution is 1.87. The molecule has 0 fully saturated rings. The summed E-state index contributed by atoms with van der Waals surface area (Å²) in [6.07, 6.45) is 0. The van der Waals surface area contributed by atoms with Gasteiger partial charge in [0.2, 0.25) is 15.6 Å². The van der Waals surface area contributed by atoms with Gasteiger partial charge >= 0.3 is 0 Å². The minimum Gasteiger partial charge on any atom is -0.377 e. The van der Waals surface area contributed by atoms with Crippen molar-refractivity contribution >= 4 is 38.2 Å². The van der Waals surface area contributed by atoms with Crippen molar-refractivity contribution in [2.24, 2.45) is 0 Å². The predicted molar refractivity (Wildman–Crippen MR) is 94.0 cm³/mol. The molecule has 0 unspecified atom stereocenters. The maximum Gasteiger partial charge on any atom is 0.246 e. The molecule has 0 aromatic rings. The van der Waals surface area contributed by atoms with Gasteiger partial charge in [0, 0.05) is 42.6 Å². The summed E-state index contributed by atoms with van der Waals surface area (Å²) in [4.78, 5) is 32.6. The molecule has 0 spiro atoms. The maximum atomic E-state index is 11.4. The number of ether oxygens (including phenoxy) is 4. The lowest BCUT2D eigenvalue weighted by atomic mass is 10.5. The molecule has 10 heteroatoms. The Morgan fingerprint density at radius 3 is 1.79 bits per heavy atom. The molecule has 0 aromatic heterocycles. The number of hydrogen-bond donors (Lipinski definition) is 2. The van der Waals surface area contributed by atoms with E-state index in [4.69, 9.17) is 18.9 Å². The summed E-state index contributed by atoms with van der Waals surface area (Å²) in [6, 6.07) is 0. The fourth-order valence-corrected chi connectivity index (χ4v) is 1.59. The molecule has 2 N–H and O–H groups in total. The molecular weight excluding hydrogens is 435 g/mol. The van der Waals surface area contributed by atoms with Gasteiger partial charge in [-0.1, -0.05) is 0 Å². The number of nitrogens with one attached hydrogen (secondary N) is 2. The quantitative estimate of drug-likeness (QED) is 0.177. The third-order valence-corrected chi connectivity index (χ3v) is 2.69. The SMILES string of the molecule is CC(=O)NCCOCCOCC(=O)NCCOCCOCC(=O)I. The number of carbonyl (C=O) groups is 3. The van der Waals surface area contributed by atoms with Crippen LogP contribution < -0.4 is 10.6 Å². The van der Waals surface area contributed by atoms with Crippen molar-refractivity contribution in [1.29, 1.82) is 0 Å². The molecule has 2 amide bonds. The normalized spacial score (nSPS) is 10.4. The van der Waals surface area contributed by atoms with Crippen molar-refractivity contribution in [3.63, 3.8) is 0 Å². The van der Waals surface area contributed by atoms with E-state index in [0.29, 0.717) is 52.7 Å². The van der Waals surface area contributed by atoms with Gasteiger partial charge < -0.3 is 29.6 Å². The van der Waals surface area contributed by atoms with Crippen LogP contribution in [0.4, 0.5) is 0 Å². The molecule has 0 saturated heterocycles. The molecule has 0 aromatic carbocycles. The van der Waals surface area contributed by atoms with E-state index in [1.807, 2.05) is 0 Å². The van der Waals surface area contributed by atoms with Gasteiger partial charge in [-0.25, -0.2) is 0 Å². The van der Waals surface area contributed by atoms with Gasteiger partial charge in [-0.2, -0.15) is 0 Å². The average molecular weight is 460 g/mol. The van der Waals surface area contributed by atoms with Crippen LogP contribution in [0.5, 0.6) is 0 Å². The van der Waals surface area contributed by atoms with Crippen LogP contribution in [0.2, 0.25) is 0 Å². The Labute approximate surface area is 155 Å². The number of rotatable bonds is 16. The second kappa shape index (κ2) is 17.0. The molecule has 0 bridgehead atoms. The van der Waals surface area contributed by atoms with E-state index in [0.717, 1.165) is 0 Å². The van der Waals surface area contributed by atoms with Crippen LogP contribution in [0, 0.1) is 0 Å². The first-order valence-corrected chi connectivity index (χ1v) is 8.60. The highest BCUT2D eigenvalue weighted by molar-refractivity contribution is 14.1. The van der Waals surface area contributed by atoms with Crippen LogP contribution in [0.3, 0.4) is 0 Å². The summed E-state index contributed by atoms with van der Waals surface area (Å²) in [7, 11) is 0. The number of carbonyl (C=O) groups excluding carboxylic acids is 3. The van der Waals surface area contributed by atoms with Gasteiger partial charge in [0.15, 0.2) is 0 Å². The van der Waals surface area contributed by atoms with E-state index in [2.05, 4.69) is 10.6 Å². The number of hydrogen-bond acceptors (Lipinski definition) is 7. The molecule has 9 nitrogen and oxygen atoms in total. The first-order chi connectivity index (χ1) is 11.5. The Morgan fingerprint density at radius 2 is 1.25 bits per heavy atom. The van der Waals surface area contributed by atoms with Crippen molar-refractivity contribution in [2.45, 2.75) is 6.92 Å². The van der Waals surface area contributed by atoms with Gasteiger partial charge in [0.1, 0.15) is 13.2 Å². The second-order valence-corrected chi connectivity index (χ2v) is 5.72. The van der Waals surface area contributed by atoms with Crippen LogP contribution in [0.15, 0.2) is 0 Å². The molecule has 0 radical (unpaired) electrons. The van der Waals surface area contributed by atoms with Crippen molar-refractivity contribution in [3.8, 4) is 0 Å². The standard InChI is InChI=1S/C14H25IN2O7/c1-12(18)16-2-4-21-7-9-24-11-14(20)17-3-5-22-6-8-23-10-13(15)19/h2-11H2,1H3,(H,16,18)(H,17,20). The van der Waals surface area contributed by atoms with E-state index >= 15 is 0 Å². The molecule has 0 atom stereocenters. The van der Waals surface area contributed by atoms with E-state index < -0.39 is 0 Å². The maximum absolute atomic E-state index is 11.4. The largest absolute Gasteiger partial charge is 0.377 e. The van der Waals surface area contributed by atoms with Gasteiger partial charge in [-0.3, -0.25) is 14.4 Å². The fourth-order valence-electron chi connectivity index (χ4n) is 1.37. The molecule has 0 aliphatic heterocycles. The van der Waals surface area contributed by atoms with Gasteiger partial charge in [-0.15, -0.1) is 0 Å². The number of halogens is 1. The Kier molecular flexibility index (Phi) is 16.4. The highest BCUT2D eigenvalue weighted by atomic mass is 127. The smallest absolute Gasteiger partial charge is 0.246 e. The molecule has 140 valence electrons. The van der Waals surface area contributed by atoms with Crippen LogP contribution >= 0.6 is 22.6 Å². The minimum atomic E-state index is -0.233. The lowest BCUT2D eigenvalue weighted by Crippen LogP contribution is -2.31. The van der Waals surface area contributed by atoms with Crippen LogP contribution in [-0.4, -0.2) is 81.5 Å². The third-order valence-electron chi connectivity index (χ3n) is 2.38. The van der Waals surface area contributed by atoms with Crippen LogP contribution in [0.1, 0.15) is 6.92 Å². The lowest BCUT2D eigenvalue weighted by Gasteiger charge is -2.08. The van der Waals surface area contributed by atoms with E-state index in [-0.39, 0.29) is 28.8 Å². The van der Waals surface area contributed by atoms with E-state index in [1.54, 1.807) is 22.6 Å². The molecule has 0 rings (SSSR count). The Hall–Kier alpha value is -0.820. The summed E-state index contributed by atoms with van der Waals surface area (Å²) in [5.41, 5.74) is 0. The summed E-state index contributed by atoms with van der Waals surface area (Å²) in [5.74, 6) is -0.331. The summed E-state index contributed by atoms with van der Waals surface area (Å²) in [5, 5.41) is 5.24. The van der Waals surface area contributed by atoms with Crippen LogP contribution in [0.25, 0.3) is 0 Å². The van der Waals surface area contributed by atoms with Crippen molar-refractivity contribution in [3.05, 3.63) is 0 Å². The summed E-state index contributed by atoms with van der Waals surface area (Å²) < 4.78 is 20.5. The monoisotopic (exact) mass is 460 g/mol. The molecular formula is C14H25IN2O7. The summed E-state index contributed by atoms with van der Waals surface area (Å²) in [6.45, 7) is 4.43. The van der Waals surface area contributed by atoms with Crippen LogP contribution in [-0.2, 0) is 33.3 Å². The third kappa shape index (κ3) is 19.2. The molecule has 0 heterocycles. The summed E-state index contributed by atoms with van der Waals surface area (Å²) >= 11 is 1.66. The zero-order chi connectivity index (χ0) is 18.0. The molecule has 0 saturated carbocycles. The fraction of sp³-hybridized carbons (Fsp3) is 0.786. The average Bonchev–Trinajstić information content (AvgIpc) is 2.51. The Bertz CT molecular complexity index is 337. The number of amides is 2.